The van der Waals surface area contributed by atoms with Gasteiger partial charge in [-0.2, -0.15) is 5.10 Å². The van der Waals surface area contributed by atoms with Gasteiger partial charge in [0.15, 0.2) is 6.61 Å². The minimum absolute atomic E-state index is 0.154. The third-order valence-electron chi connectivity index (χ3n) is 5.30. The summed E-state index contributed by atoms with van der Waals surface area (Å²) < 4.78 is 11.9. The largest absolute Gasteiger partial charge is 0.484 e. The van der Waals surface area contributed by atoms with Gasteiger partial charge in [-0.1, -0.05) is 67.4 Å². The van der Waals surface area contributed by atoms with Crippen molar-refractivity contribution >= 4 is 51.1 Å². The Morgan fingerprint density at radius 2 is 1.83 bits per heavy atom. The molecule has 0 saturated heterocycles. The van der Waals surface area contributed by atoms with Gasteiger partial charge in [-0.25, -0.2) is 10.2 Å². The van der Waals surface area contributed by atoms with E-state index in [2.05, 4.69) is 17.5 Å². The smallest absolute Gasteiger partial charge is 0.355 e. The highest BCUT2D eigenvalue weighted by atomic mass is 35.5. The molecule has 8 heteroatoms. The molecule has 0 aliphatic heterocycles. The van der Waals surface area contributed by atoms with Crippen LogP contribution < -0.4 is 14.9 Å². The second kappa shape index (κ2) is 12.3. The highest BCUT2D eigenvalue weighted by Crippen LogP contribution is 2.35. The van der Waals surface area contributed by atoms with Crippen LogP contribution in [0, 0.1) is 0 Å². The lowest BCUT2D eigenvalue weighted by Gasteiger charge is -2.06. The molecule has 0 bridgehead atoms. The lowest BCUT2D eigenvalue weighted by Crippen LogP contribution is -2.24. The minimum atomic E-state index is -0.529. The Labute approximate surface area is 218 Å². The first-order valence-corrected chi connectivity index (χ1v) is 12.8. The topological polar surface area (TPSA) is 77.0 Å². The van der Waals surface area contributed by atoms with Crippen molar-refractivity contribution in [3.63, 3.8) is 0 Å². The van der Waals surface area contributed by atoms with Gasteiger partial charge in [0.2, 0.25) is 0 Å². The highest BCUT2D eigenvalue weighted by Gasteiger charge is 2.19. The van der Waals surface area contributed by atoms with Gasteiger partial charge in [0.25, 0.3) is 5.91 Å². The fourth-order valence-electron chi connectivity index (χ4n) is 3.45. The SMILES string of the molecule is CCCCc1ccc(OCC(=O)NN=Cc2cccc(OC(=O)c3sc4ccccc4c3Cl)c2)cc1. The van der Waals surface area contributed by atoms with Crippen LogP contribution >= 0.6 is 22.9 Å². The molecule has 36 heavy (non-hydrogen) atoms. The number of hydrogen-bond donors (Lipinski definition) is 1. The van der Waals surface area contributed by atoms with Gasteiger partial charge in [-0.15, -0.1) is 11.3 Å². The number of fused-ring (bicyclic) bond motifs is 1. The summed E-state index contributed by atoms with van der Waals surface area (Å²) in [6.07, 6.45) is 4.79. The van der Waals surface area contributed by atoms with Gasteiger partial charge in [0, 0.05) is 10.1 Å². The number of ether oxygens (including phenoxy) is 2. The quantitative estimate of drug-likeness (QED) is 0.110. The number of halogens is 1. The molecule has 1 aromatic heterocycles. The van der Waals surface area contributed by atoms with Crippen molar-refractivity contribution in [2.75, 3.05) is 6.61 Å². The van der Waals surface area contributed by atoms with Gasteiger partial charge in [-0.3, -0.25) is 4.79 Å². The molecule has 0 radical (unpaired) electrons. The average molecular weight is 521 g/mol. The fraction of sp³-hybridized carbons (Fsp3) is 0.179. The van der Waals surface area contributed by atoms with E-state index in [1.165, 1.54) is 23.1 Å². The van der Waals surface area contributed by atoms with Crippen LogP contribution in [-0.4, -0.2) is 24.7 Å². The van der Waals surface area contributed by atoms with Crippen molar-refractivity contribution < 1.29 is 19.1 Å². The normalized spacial score (nSPS) is 11.1. The van der Waals surface area contributed by atoms with Crippen molar-refractivity contribution in [3.05, 3.63) is 93.8 Å². The summed E-state index contributed by atoms with van der Waals surface area (Å²) >= 11 is 7.66. The number of aryl methyl sites for hydroxylation is 1. The molecule has 0 atom stereocenters. The maximum atomic E-state index is 12.7. The second-order valence-corrected chi connectivity index (χ2v) is 9.46. The number of amides is 1. The van der Waals surface area contributed by atoms with Crippen LogP contribution in [-0.2, 0) is 11.2 Å². The number of benzene rings is 3. The van der Waals surface area contributed by atoms with E-state index in [0.29, 0.717) is 27.0 Å². The summed E-state index contributed by atoms with van der Waals surface area (Å²) in [5.74, 6) is 0.0552. The molecule has 1 heterocycles. The molecule has 0 fully saturated rings. The Hall–Kier alpha value is -3.68. The van der Waals surface area contributed by atoms with E-state index in [1.54, 1.807) is 24.3 Å². The van der Waals surface area contributed by atoms with Crippen LogP contribution in [0.2, 0.25) is 5.02 Å². The number of hydrazone groups is 1. The molecule has 1 N–H and O–H groups in total. The molecule has 6 nitrogen and oxygen atoms in total. The minimum Gasteiger partial charge on any atom is -0.484 e. The zero-order valence-electron chi connectivity index (χ0n) is 19.7. The number of rotatable bonds is 10. The molecule has 3 aromatic carbocycles. The number of carbonyl (C=O) groups is 2. The van der Waals surface area contributed by atoms with E-state index in [0.717, 1.165) is 29.3 Å². The van der Waals surface area contributed by atoms with Crippen LogP contribution in [0.5, 0.6) is 11.5 Å². The van der Waals surface area contributed by atoms with Crippen LogP contribution in [0.4, 0.5) is 0 Å². The number of carbonyl (C=O) groups excluding carboxylic acids is 2. The molecule has 0 spiro atoms. The lowest BCUT2D eigenvalue weighted by atomic mass is 10.1. The number of nitrogens with zero attached hydrogens (tertiary/aromatic N) is 1. The first kappa shape index (κ1) is 25.4. The van der Waals surface area contributed by atoms with Crippen LogP contribution in [0.25, 0.3) is 10.1 Å². The Balaban J connectivity index is 1.28. The van der Waals surface area contributed by atoms with Gasteiger partial charge < -0.3 is 9.47 Å². The monoisotopic (exact) mass is 520 g/mol. The third kappa shape index (κ3) is 6.71. The summed E-state index contributed by atoms with van der Waals surface area (Å²) in [5, 5.41) is 5.16. The molecule has 0 unspecified atom stereocenters. The van der Waals surface area contributed by atoms with Crippen molar-refractivity contribution in [1.29, 1.82) is 0 Å². The van der Waals surface area contributed by atoms with E-state index in [4.69, 9.17) is 21.1 Å². The number of unbranched alkanes of at least 4 members (excludes halogenated alkanes) is 1. The maximum Gasteiger partial charge on any atom is 0.355 e. The van der Waals surface area contributed by atoms with E-state index < -0.39 is 5.97 Å². The zero-order valence-corrected chi connectivity index (χ0v) is 21.3. The molecule has 1 amide bonds. The standard InChI is InChI=1S/C28H25ClN2O4S/c1-2-3-7-19-12-14-21(15-13-19)34-18-25(32)31-30-17-20-8-6-9-22(16-20)35-28(33)27-26(29)23-10-4-5-11-24(23)36-27/h4-6,8-17H,2-3,7,18H2,1H3,(H,31,32). The molecular weight excluding hydrogens is 496 g/mol. The van der Waals surface area contributed by atoms with Crippen LogP contribution in [0.1, 0.15) is 40.6 Å². The molecule has 4 aromatic rings. The Morgan fingerprint density at radius 1 is 1.03 bits per heavy atom. The van der Waals surface area contributed by atoms with Crippen LogP contribution in [0.15, 0.2) is 77.9 Å². The Kier molecular flexibility index (Phi) is 8.71. The Bertz CT molecular complexity index is 1380. The molecular formula is C28H25ClN2O4S. The maximum absolute atomic E-state index is 12.7. The molecule has 0 aliphatic carbocycles. The molecule has 184 valence electrons. The van der Waals surface area contributed by atoms with E-state index in [9.17, 15) is 9.59 Å². The summed E-state index contributed by atoms with van der Waals surface area (Å²) in [7, 11) is 0. The zero-order chi connectivity index (χ0) is 25.3. The van der Waals surface area contributed by atoms with Crippen molar-refractivity contribution in [2.24, 2.45) is 5.10 Å². The highest BCUT2D eigenvalue weighted by molar-refractivity contribution is 7.21. The van der Waals surface area contributed by atoms with Gasteiger partial charge in [-0.05, 0) is 54.3 Å². The predicted molar refractivity (Wildman–Crippen MR) is 145 cm³/mol. The third-order valence-corrected chi connectivity index (χ3v) is 6.96. The van der Waals surface area contributed by atoms with Crippen molar-refractivity contribution in [1.82, 2.24) is 5.43 Å². The summed E-state index contributed by atoms with van der Waals surface area (Å²) in [4.78, 5) is 25.1. The molecule has 0 aliphatic rings. The average Bonchev–Trinajstić information content (AvgIpc) is 3.24. The fourth-order valence-corrected chi connectivity index (χ4v) is 4.84. The van der Waals surface area contributed by atoms with E-state index in [1.807, 2.05) is 48.5 Å². The summed E-state index contributed by atoms with van der Waals surface area (Å²) in [6, 6.07) is 22.1. The van der Waals surface area contributed by atoms with Gasteiger partial charge in [0.1, 0.15) is 16.4 Å². The number of esters is 1. The summed E-state index contributed by atoms with van der Waals surface area (Å²) in [6.45, 7) is 2.01. The van der Waals surface area contributed by atoms with Gasteiger partial charge in [0.05, 0.1) is 11.2 Å². The van der Waals surface area contributed by atoms with Crippen molar-refractivity contribution in [2.45, 2.75) is 26.2 Å². The van der Waals surface area contributed by atoms with Crippen LogP contribution in [0.3, 0.4) is 0 Å². The van der Waals surface area contributed by atoms with Crippen molar-refractivity contribution in [3.8, 4) is 11.5 Å². The number of hydrogen-bond acceptors (Lipinski definition) is 6. The van der Waals surface area contributed by atoms with E-state index in [-0.39, 0.29) is 12.5 Å². The number of nitrogens with one attached hydrogen (secondary N) is 1. The Morgan fingerprint density at radius 3 is 2.61 bits per heavy atom. The van der Waals surface area contributed by atoms with Gasteiger partial charge >= 0.3 is 5.97 Å². The number of thiophene rings is 1. The first-order chi connectivity index (χ1) is 17.5. The predicted octanol–water partition coefficient (Wildman–Crippen LogP) is 6.65. The first-order valence-electron chi connectivity index (χ1n) is 11.6. The van der Waals surface area contributed by atoms with E-state index >= 15 is 0 Å². The lowest BCUT2D eigenvalue weighted by molar-refractivity contribution is -0.123. The summed E-state index contributed by atoms with van der Waals surface area (Å²) in [5.41, 5.74) is 4.32. The molecule has 4 rings (SSSR count). The molecule has 0 saturated carbocycles. The second-order valence-electron chi connectivity index (χ2n) is 8.03.